The van der Waals surface area contributed by atoms with Crippen molar-refractivity contribution in [1.29, 1.82) is 0 Å². The predicted octanol–water partition coefficient (Wildman–Crippen LogP) is 4.24. The number of aryl methyl sites for hydroxylation is 1. The van der Waals surface area contributed by atoms with Gasteiger partial charge in [0.05, 0.1) is 16.1 Å². The van der Waals surface area contributed by atoms with Crippen molar-refractivity contribution in [3.63, 3.8) is 0 Å². The molecular weight excluding hydrogens is 400 g/mol. The zero-order chi connectivity index (χ0) is 21.9. The fraction of sp³-hybridized carbons (Fsp3) is 0.429. The molecule has 0 spiro atoms. The number of nitro groups is 1. The molecule has 3 rings (SSSR count). The van der Waals surface area contributed by atoms with Crippen LogP contribution in [-0.4, -0.2) is 39.5 Å². The van der Waals surface area contributed by atoms with Gasteiger partial charge in [-0.05, 0) is 30.2 Å². The van der Waals surface area contributed by atoms with E-state index in [-0.39, 0.29) is 11.4 Å². The zero-order valence-corrected chi connectivity index (χ0v) is 18.8. The normalized spacial score (nSPS) is 13.0. The summed E-state index contributed by atoms with van der Waals surface area (Å²) in [6.07, 6.45) is 2.67. The van der Waals surface area contributed by atoms with Gasteiger partial charge in [0.15, 0.2) is 0 Å². The van der Waals surface area contributed by atoms with Crippen LogP contribution in [0.1, 0.15) is 22.9 Å². The lowest BCUT2D eigenvalue weighted by Crippen LogP contribution is -2.22. The van der Waals surface area contributed by atoms with Crippen LogP contribution >= 0.6 is 0 Å². The van der Waals surface area contributed by atoms with Crippen molar-refractivity contribution in [2.45, 2.75) is 51.9 Å². The molecule has 0 amide bonds. The van der Waals surface area contributed by atoms with Crippen LogP contribution in [-0.2, 0) is 17.9 Å². The molecule has 3 aromatic rings. The molecule has 2 heterocycles. The second-order valence-electron chi connectivity index (χ2n) is 8.78. The van der Waals surface area contributed by atoms with Gasteiger partial charge in [0.2, 0.25) is 0 Å². The first-order valence-corrected chi connectivity index (χ1v) is 13.7. The van der Waals surface area contributed by atoms with E-state index in [0.29, 0.717) is 13.2 Å². The van der Waals surface area contributed by atoms with Crippen LogP contribution in [0.15, 0.2) is 36.7 Å². The number of rotatable bonds is 9. The summed E-state index contributed by atoms with van der Waals surface area (Å²) in [5.41, 5.74) is 3.02. The minimum absolute atomic E-state index is 0.0823. The maximum absolute atomic E-state index is 10.9. The fourth-order valence-corrected chi connectivity index (χ4v) is 3.97. The minimum atomic E-state index is -1.12. The first kappa shape index (κ1) is 22.1. The largest absolute Gasteiger partial charge is 0.386 e. The van der Waals surface area contributed by atoms with E-state index in [1.165, 1.54) is 18.3 Å². The fourth-order valence-electron chi connectivity index (χ4n) is 3.22. The molecule has 0 saturated carbocycles. The van der Waals surface area contributed by atoms with Gasteiger partial charge >= 0.3 is 0 Å². The molecule has 0 aliphatic carbocycles. The summed E-state index contributed by atoms with van der Waals surface area (Å²) in [5.74, 6) is 0. The summed E-state index contributed by atoms with van der Waals surface area (Å²) >= 11 is 0. The van der Waals surface area contributed by atoms with Gasteiger partial charge in [0.1, 0.15) is 12.8 Å². The molecule has 1 unspecified atom stereocenters. The van der Waals surface area contributed by atoms with E-state index >= 15 is 0 Å². The molecule has 2 aromatic heterocycles. The Bertz CT molecular complexity index is 1050. The van der Waals surface area contributed by atoms with E-state index in [9.17, 15) is 15.2 Å². The van der Waals surface area contributed by atoms with Crippen molar-refractivity contribution in [3.8, 4) is 0 Å². The summed E-state index contributed by atoms with van der Waals surface area (Å²) in [7, 11) is -1.12. The van der Waals surface area contributed by atoms with E-state index in [1.807, 2.05) is 25.3 Å². The number of ether oxygens (including phenoxy) is 1. The molecule has 0 bridgehead atoms. The van der Waals surface area contributed by atoms with Gasteiger partial charge in [-0.25, -0.2) is 4.68 Å². The summed E-state index contributed by atoms with van der Waals surface area (Å²) in [5, 5.41) is 27.1. The van der Waals surface area contributed by atoms with Crippen LogP contribution in [0.4, 0.5) is 5.69 Å². The molecule has 8 nitrogen and oxygen atoms in total. The Morgan fingerprint density at radius 1 is 1.30 bits per heavy atom. The zero-order valence-electron chi connectivity index (χ0n) is 17.8. The van der Waals surface area contributed by atoms with Gasteiger partial charge in [0, 0.05) is 51.0 Å². The minimum Gasteiger partial charge on any atom is -0.386 e. The molecule has 0 aliphatic heterocycles. The number of pyridine rings is 1. The van der Waals surface area contributed by atoms with E-state index in [0.717, 1.165) is 34.7 Å². The van der Waals surface area contributed by atoms with Crippen LogP contribution in [0.25, 0.3) is 10.9 Å². The lowest BCUT2D eigenvalue weighted by atomic mass is 10.0. The third kappa shape index (κ3) is 5.71. The molecule has 1 N–H and O–H groups in total. The third-order valence-corrected chi connectivity index (χ3v) is 6.58. The third-order valence-electron chi connectivity index (χ3n) is 4.87. The van der Waals surface area contributed by atoms with Crippen LogP contribution in [0.5, 0.6) is 0 Å². The first-order chi connectivity index (χ1) is 14.1. The van der Waals surface area contributed by atoms with Gasteiger partial charge in [-0.2, -0.15) is 5.10 Å². The summed E-state index contributed by atoms with van der Waals surface area (Å²) in [6, 6.07) is 7.69. The summed E-state index contributed by atoms with van der Waals surface area (Å²) in [6.45, 7) is 10.1. The molecule has 0 saturated heterocycles. The molecule has 1 aromatic carbocycles. The van der Waals surface area contributed by atoms with Crippen molar-refractivity contribution in [1.82, 2.24) is 14.8 Å². The molecule has 0 radical (unpaired) electrons. The van der Waals surface area contributed by atoms with Gasteiger partial charge in [0.25, 0.3) is 5.69 Å². The van der Waals surface area contributed by atoms with Crippen molar-refractivity contribution < 1.29 is 14.8 Å². The first-order valence-electron chi connectivity index (χ1n) is 9.95. The number of hydrogen-bond donors (Lipinski definition) is 1. The van der Waals surface area contributed by atoms with Crippen LogP contribution in [0.3, 0.4) is 0 Å². The number of hydrogen-bond acceptors (Lipinski definition) is 6. The van der Waals surface area contributed by atoms with Crippen molar-refractivity contribution in [2.75, 3.05) is 6.61 Å². The number of aromatic nitrogens is 3. The predicted molar refractivity (Wildman–Crippen MR) is 118 cm³/mol. The highest BCUT2D eigenvalue weighted by Crippen LogP contribution is 2.25. The molecule has 160 valence electrons. The van der Waals surface area contributed by atoms with Crippen LogP contribution in [0.2, 0.25) is 25.7 Å². The second-order valence-corrected chi connectivity index (χ2v) is 14.4. The van der Waals surface area contributed by atoms with Crippen LogP contribution < -0.4 is 0 Å². The molecule has 0 aliphatic rings. The quantitative estimate of drug-likeness (QED) is 0.237. The number of fused-ring (bicyclic) bond motifs is 1. The number of benzene rings is 1. The van der Waals surface area contributed by atoms with Gasteiger partial charge in [-0.15, -0.1) is 0 Å². The highest BCUT2D eigenvalue weighted by Gasteiger charge is 2.16. The average molecular weight is 429 g/mol. The lowest BCUT2D eigenvalue weighted by molar-refractivity contribution is -0.385. The van der Waals surface area contributed by atoms with Gasteiger partial charge in [-0.1, -0.05) is 25.7 Å². The molecule has 30 heavy (non-hydrogen) atoms. The Morgan fingerprint density at radius 3 is 2.77 bits per heavy atom. The summed E-state index contributed by atoms with van der Waals surface area (Å²) in [4.78, 5) is 14.5. The van der Waals surface area contributed by atoms with Gasteiger partial charge < -0.3 is 9.84 Å². The second kappa shape index (κ2) is 9.03. The molecule has 1 atom stereocenters. The van der Waals surface area contributed by atoms with Gasteiger partial charge in [-0.3, -0.25) is 15.1 Å². The van der Waals surface area contributed by atoms with Crippen LogP contribution in [0, 0.1) is 17.0 Å². The molecular formula is C21H28N4O4Si. The average Bonchev–Trinajstić information content (AvgIpc) is 3.08. The lowest BCUT2D eigenvalue weighted by Gasteiger charge is -2.15. The maximum Gasteiger partial charge on any atom is 0.272 e. The van der Waals surface area contributed by atoms with Crippen molar-refractivity contribution >= 4 is 24.7 Å². The Morgan fingerprint density at radius 2 is 2.07 bits per heavy atom. The highest BCUT2D eigenvalue weighted by molar-refractivity contribution is 6.76. The number of aliphatic hydroxyl groups excluding tert-OH is 1. The Kier molecular flexibility index (Phi) is 6.64. The van der Waals surface area contributed by atoms with Crippen molar-refractivity contribution in [2.24, 2.45) is 0 Å². The standard InChI is InChI=1S/C21H28N4O4Si/c1-15-9-16(11-20(26)19-12-18(25(27)28)5-6-22-19)10-17-13-24(23-21(15)17)14-29-7-8-30(2,3)4/h5-6,9-10,12-13,20,26H,7-8,11,14H2,1-4H3. The van der Waals surface area contributed by atoms with Crippen molar-refractivity contribution in [3.05, 3.63) is 63.6 Å². The topological polar surface area (TPSA) is 103 Å². The maximum atomic E-state index is 10.9. The molecule has 0 fully saturated rings. The summed E-state index contributed by atoms with van der Waals surface area (Å²) < 4.78 is 7.58. The van der Waals surface area contributed by atoms with E-state index in [2.05, 4.69) is 29.7 Å². The SMILES string of the molecule is Cc1cc(CC(O)c2cc([N+](=O)[O-])ccn2)cc2cn(COCC[Si](C)(C)C)nc12. The van der Waals surface area contributed by atoms with E-state index in [4.69, 9.17) is 4.74 Å². The smallest absolute Gasteiger partial charge is 0.272 e. The van der Waals surface area contributed by atoms with E-state index in [1.54, 1.807) is 4.68 Å². The number of aliphatic hydroxyl groups is 1. The van der Waals surface area contributed by atoms with E-state index < -0.39 is 19.1 Å². The Hall–Kier alpha value is -2.62. The molecule has 9 heteroatoms. The Balaban J connectivity index is 1.71. The number of nitrogens with zero attached hydrogens (tertiary/aromatic N) is 4. The Labute approximate surface area is 176 Å². The monoisotopic (exact) mass is 428 g/mol. The highest BCUT2D eigenvalue weighted by atomic mass is 28.3.